The van der Waals surface area contributed by atoms with Crippen LogP contribution in [0.2, 0.25) is 0 Å². The summed E-state index contributed by atoms with van der Waals surface area (Å²) in [6.45, 7) is 7.16. The number of anilines is 1. The average molecular weight is 529 g/mol. The smallest absolute Gasteiger partial charge is 0.329 e. The van der Waals surface area contributed by atoms with Crippen molar-refractivity contribution in [2.45, 2.75) is 20.4 Å². The van der Waals surface area contributed by atoms with E-state index in [1.54, 1.807) is 36.4 Å². The number of nitrogens with one attached hydrogen (secondary N) is 1. The van der Waals surface area contributed by atoms with E-state index in [1.165, 1.54) is 31.0 Å². The van der Waals surface area contributed by atoms with Crippen LogP contribution in [0, 0.1) is 13.8 Å². The first-order valence-corrected chi connectivity index (χ1v) is 12.9. The number of aryl methyl sites for hydroxylation is 1. The van der Waals surface area contributed by atoms with Gasteiger partial charge in [0.05, 0.1) is 31.7 Å². The monoisotopic (exact) mass is 528 g/mol. The van der Waals surface area contributed by atoms with Gasteiger partial charge >= 0.3 is 5.69 Å². The first kappa shape index (κ1) is 26.1. The van der Waals surface area contributed by atoms with Crippen molar-refractivity contribution in [3.8, 4) is 11.5 Å². The van der Waals surface area contributed by atoms with E-state index < -0.39 is 11.2 Å². The normalized spacial score (nSPS) is 13.5. The van der Waals surface area contributed by atoms with Crippen LogP contribution in [-0.4, -0.2) is 60.8 Å². The standard InChI is InChI=1S/C30H32N4O5/c1-19-6-5-7-25(20(19)2)32-12-14-33(15-13-32)28(35)22-10-8-21(9-11-22)18-34-29(36)23-16-26(38-3)27(39-4)17-24(23)31-30(34)37/h5-11,16-17H,12-15,18H2,1-4H3,(H,31,37). The molecule has 3 aromatic carbocycles. The van der Waals surface area contributed by atoms with E-state index in [9.17, 15) is 14.4 Å². The van der Waals surface area contributed by atoms with E-state index in [1.807, 2.05) is 4.90 Å². The van der Waals surface area contributed by atoms with Crippen molar-refractivity contribution in [2.75, 3.05) is 45.3 Å². The minimum Gasteiger partial charge on any atom is -0.493 e. The Balaban J connectivity index is 1.30. The molecule has 1 aliphatic heterocycles. The summed E-state index contributed by atoms with van der Waals surface area (Å²) in [6.07, 6.45) is 0. The molecule has 4 aromatic rings. The van der Waals surface area contributed by atoms with Gasteiger partial charge in [-0.25, -0.2) is 4.79 Å². The van der Waals surface area contributed by atoms with Crippen molar-refractivity contribution in [1.29, 1.82) is 0 Å². The molecule has 0 radical (unpaired) electrons. The van der Waals surface area contributed by atoms with Gasteiger partial charge in [-0.2, -0.15) is 0 Å². The van der Waals surface area contributed by atoms with Crippen molar-refractivity contribution in [3.05, 3.63) is 97.7 Å². The van der Waals surface area contributed by atoms with Gasteiger partial charge in [0.15, 0.2) is 11.5 Å². The summed E-state index contributed by atoms with van der Waals surface area (Å²) in [6, 6.07) is 16.5. The summed E-state index contributed by atoms with van der Waals surface area (Å²) in [5, 5.41) is 0.319. The van der Waals surface area contributed by atoms with Gasteiger partial charge in [-0.05, 0) is 54.8 Å². The van der Waals surface area contributed by atoms with Gasteiger partial charge in [0, 0.05) is 43.5 Å². The highest BCUT2D eigenvalue weighted by Crippen LogP contribution is 2.29. The molecule has 39 heavy (non-hydrogen) atoms. The quantitative estimate of drug-likeness (QED) is 0.412. The second-order valence-corrected chi connectivity index (χ2v) is 9.77. The Labute approximate surface area is 226 Å². The van der Waals surface area contributed by atoms with Crippen LogP contribution in [0.1, 0.15) is 27.0 Å². The molecule has 0 bridgehead atoms. The van der Waals surface area contributed by atoms with Crippen molar-refractivity contribution in [2.24, 2.45) is 0 Å². The van der Waals surface area contributed by atoms with Crippen molar-refractivity contribution in [3.63, 3.8) is 0 Å². The van der Waals surface area contributed by atoms with Crippen LogP contribution in [0.4, 0.5) is 5.69 Å². The Kier molecular flexibility index (Phi) is 7.15. The number of methoxy groups -OCH3 is 2. The second-order valence-electron chi connectivity index (χ2n) is 9.77. The number of fused-ring (bicyclic) bond motifs is 1. The Morgan fingerprint density at radius 2 is 1.56 bits per heavy atom. The number of hydrogen-bond acceptors (Lipinski definition) is 6. The maximum absolute atomic E-state index is 13.2. The molecule has 1 N–H and O–H groups in total. The number of piperazine rings is 1. The maximum atomic E-state index is 13.2. The van der Waals surface area contributed by atoms with Crippen molar-refractivity contribution >= 4 is 22.5 Å². The summed E-state index contributed by atoms with van der Waals surface area (Å²) in [5.41, 5.74) is 4.49. The second kappa shape index (κ2) is 10.7. The third kappa shape index (κ3) is 4.99. The zero-order chi connectivity index (χ0) is 27.7. The number of benzene rings is 3. The predicted molar refractivity (Wildman–Crippen MR) is 152 cm³/mol. The lowest BCUT2D eigenvalue weighted by molar-refractivity contribution is 0.0746. The van der Waals surface area contributed by atoms with Crippen LogP contribution in [0.5, 0.6) is 11.5 Å². The highest BCUT2D eigenvalue weighted by Gasteiger charge is 2.23. The van der Waals surface area contributed by atoms with E-state index in [-0.39, 0.29) is 12.5 Å². The van der Waals surface area contributed by atoms with Gasteiger partial charge in [0.25, 0.3) is 11.5 Å². The molecule has 0 aliphatic carbocycles. The molecule has 5 rings (SSSR count). The molecule has 9 heteroatoms. The molecule has 0 atom stereocenters. The predicted octanol–water partition coefficient (Wildman–Crippen LogP) is 3.33. The molecule has 1 aliphatic rings. The first-order chi connectivity index (χ1) is 18.8. The Bertz CT molecular complexity index is 1650. The first-order valence-electron chi connectivity index (χ1n) is 12.9. The molecule has 2 heterocycles. The molecule has 1 saturated heterocycles. The van der Waals surface area contributed by atoms with Crippen LogP contribution in [0.3, 0.4) is 0 Å². The highest BCUT2D eigenvalue weighted by molar-refractivity contribution is 5.94. The average Bonchev–Trinajstić information content (AvgIpc) is 2.96. The van der Waals surface area contributed by atoms with E-state index >= 15 is 0 Å². The van der Waals surface area contributed by atoms with Gasteiger partial charge < -0.3 is 24.3 Å². The number of amides is 1. The fourth-order valence-electron chi connectivity index (χ4n) is 5.07. The Morgan fingerprint density at radius 1 is 0.897 bits per heavy atom. The summed E-state index contributed by atoms with van der Waals surface area (Å²) in [5.74, 6) is 0.798. The lowest BCUT2D eigenvalue weighted by atomic mass is 10.1. The third-order valence-corrected chi connectivity index (χ3v) is 7.51. The van der Waals surface area contributed by atoms with Crippen molar-refractivity contribution < 1.29 is 14.3 Å². The van der Waals surface area contributed by atoms with Gasteiger partial charge in [0.1, 0.15) is 0 Å². The number of rotatable bonds is 6. The molecule has 1 aromatic heterocycles. The number of H-pyrrole nitrogens is 1. The molecule has 0 unspecified atom stereocenters. The van der Waals surface area contributed by atoms with Crippen LogP contribution in [-0.2, 0) is 6.54 Å². The number of aromatic nitrogens is 2. The van der Waals surface area contributed by atoms with Gasteiger partial charge in [-0.15, -0.1) is 0 Å². The number of hydrogen-bond donors (Lipinski definition) is 1. The summed E-state index contributed by atoms with van der Waals surface area (Å²) < 4.78 is 11.7. The Morgan fingerprint density at radius 3 is 2.23 bits per heavy atom. The van der Waals surface area contributed by atoms with Crippen LogP contribution >= 0.6 is 0 Å². The van der Waals surface area contributed by atoms with Crippen LogP contribution in [0.25, 0.3) is 10.9 Å². The lowest BCUT2D eigenvalue weighted by Gasteiger charge is -2.37. The largest absolute Gasteiger partial charge is 0.493 e. The zero-order valence-corrected chi connectivity index (χ0v) is 22.6. The van der Waals surface area contributed by atoms with Crippen LogP contribution < -0.4 is 25.6 Å². The number of carbonyl (C=O) groups excluding carboxylic acids is 1. The van der Waals surface area contributed by atoms with E-state index in [2.05, 4.69) is 41.9 Å². The highest BCUT2D eigenvalue weighted by atomic mass is 16.5. The zero-order valence-electron chi connectivity index (χ0n) is 22.6. The molecule has 0 saturated carbocycles. The van der Waals surface area contributed by atoms with E-state index in [0.717, 1.165) is 23.2 Å². The summed E-state index contributed by atoms with van der Waals surface area (Å²) >= 11 is 0. The molecule has 0 spiro atoms. The molecule has 202 valence electrons. The fourth-order valence-corrected chi connectivity index (χ4v) is 5.07. The number of nitrogens with zero attached hydrogens (tertiary/aromatic N) is 3. The van der Waals surface area contributed by atoms with Gasteiger partial charge in [0.2, 0.25) is 0 Å². The molecular weight excluding hydrogens is 496 g/mol. The topological polar surface area (TPSA) is 96.9 Å². The minimum atomic E-state index is -0.526. The summed E-state index contributed by atoms with van der Waals surface area (Å²) in [7, 11) is 2.98. The lowest BCUT2D eigenvalue weighted by Crippen LogP contribution is -2.49. The SMILES string of the molecule is COc1cc2[nH]c(=O)n(Cc3ccc(C(=O)N4CCN(c5cccc(C)c5C)CC4)cc3)c(=O)c2cc1OC. The number of aromatic amines is 1. The minimum absolute atomic E-state index is 0.0241. The van der Waals surface area contributed by atoms with Crippen molar-refractivity contribution in [1.82, 2.24) is 14.5 Å². The molecule has 9 nitrogen and oxygen atoms in total. The molecule has 1 amide bonds. The number of carbonyl (C=O) groups is 1. The fraction of sp³-hybridized carbons (Fsp3) is 0.300. The van der Waals surface area contributed by atoms with Crippen LogP contribution in [0.15, 0.2) is 64.2 Å². The van der Waals surface area contributed by atoms with E-state index in [0.29, 0.717) is 41.1 Å². The number of ether oxygens (including phenoxy) is 2. The molecule has 1 fully saturated rings. The molecular formula is C30H32N4O5. The maximum Gasteiger partial charge on any atom is 0.329 e. The van der Waals surface area contributed by atoms with E-state index in [4.69, 9.17) is 9.47 Å². The van der Waals surface area contributed by atoms with Gasteiger partial charge in [-0.3, -0.25) is 14.2 Å². The Hall–Kier alpha value is -4.53. The summed E-state index contributed by atoms with van der Waals surface area (Å²) in [4.78, 5) is 46.0. The third-order valence-electron chi connectivity index (χ3n) is 7.51. The van der Waals surface area contributed by atoms with Gasteiger partial charge in [-0.1, -0.05) is 24.3 Å².